The van der Waals surface area contributed by atoms with E-state index < -0.39 is 83.9 Å². The number of carbonyl (C=O) groups excluding carboxylic acids is 4. The van der Waals surface area contributed by atoms with Gasteiger partial charge >= 0.3 is 5.97 Å². The number of ether oxygens (including phenoxy) is 4. The van der Waals surface area contributed by atoms with Crippen LogP contribution in [0.1, 0.15) is 112 Å². The standard InChI is InChI=1S/C43H69NO12/c1-9-30-17-24(2)16-25(3)18-36(53-7)39-37(54-8)20-27(5)43(52,56-39)40(49)41(50)44-15-11-10-12-32(44)42(51)55-38(28(6)34(47)22-35(30)48)26(4)19-29-13-14-33(46)31(21-29)23-45/h17,19,25,27-34,36-39,45-47,52H,9-16,18,20-23H2,1-8H3/b24-17+,26-19+/t25-,27-,28-,29+,30-,31+,32?,33-,34+,36+,37+,38-,39-,43-/m1/s1. The highest BCUT2D eigenvalue weighted by Gasteiger charge is 2.56. The van der Waals surface area contributed by atoms with Crippen LogP contribution in [0.15, 0.2) is 23.3 Å². The molecule has 1 aliphatic carbocycles. The van der Waals surface area contributed by atoms with Crippen molar-refractivity contribution in [2.45, 2.75) is 161 Å². The van der Waals surface area contributed by atoms with Crippen molar-refractivity contribution >= 4 is 23.4 Å². The van der Waals surface area contributed by atoms with Crippen LogP contribution >= 0.6 is 0 Å². The highest BCUT2D eigenvalue weighted by molar-refractivity contribution is 6.39. The Kier molecular flexibility index (Phi) is 16.9. The molecule has 3 fully saturated rings. The second-order valence-corrected chi connectivity index (χ2v) is 17.3. The lowest BCUT2D eigenvalue weighted by molar-refractivity contribution is -0.302. The summed E-state index contributed by atoms with van der Waals surface area (Å²) < 4.78 is 24.2. The Hall–Kier alpha value is -2.52. The van der Waals surface area contributed by atoms with Crippen LogP contribution in [0.25, 0.3) is 0 Å². The number of piperidine rings is 1. The van der Waals surface area contributed by atoms with E-state index in [-0.39, 0.29) is 56.0 Å². The van der Waals surface area contributed by atoms with Crippen molar-refractivity contribution < 1.29 is 58.6 Å². The first kappa shape index (κ1) is 46.2. The van der Waals surface area contributed by atoms with Gasteiger partial charge in [0.15, 0.2) is 0 Å². The quantitative estimate of drug-likeness (QED) is 0.172. The fraction of sp³-hybridized carbons (Fsp3) is 0.814. The van der Waals surface area contributed by atoms with Crippen LogP contribution in [-0.4, -0.2) is 125 Å². The van der Waals surface area contributed by atoms with Gasteiger partial charge in [0.2, 0.25) is 5.79 Å². The maximum Gasteiger partial charge on any atom is 0.329 e. The molecule has 2 saturated heterocycles. The lowest BCUT2D eigenvalue weighted by atomic mass is 9.78. The number of ketones is 2. The number of carbonyl (C=O) groups is 4. The zero-order valence-corrected chi connectivity index (χ0v) is 34.9. The average molecular weight is 792 g/mol. The largest absolute Gasteiger partial charge is 0.456 e. The van der Waals surface area contributed by atoms with Crippen molar-refractivity contribution in [1.29, 1.82) is 0 Å². The van der Waals surface area contributed by atoms with Crippen molar-refractivity contribution in [3.8, 4) is 0 Å². The van der Waals surface area contributed by atoms with Crippen LogP contribution in [0.3, 0.4) is 0 Å². The van der Waals surface area contributed by atoms with Gasteiger partial charge < -0.3 is 44.3 Å². The van der Waals surface area contributed by atoms with Gasteiger partial charge in [0.05, 0.1) is 24.4 Å². The van der Waals surface area contributed by atoms with E-state index in [9.17, 15) is 39.6 Å². The van der Waals surface area contributed by atoms with Crippen molar-refractivity contribution in [2.24, 2.45) is 35.5 Å². The van der Waals surface area contributed by atoms with E-state index in [1.807, 2.05) is 32.9 Å². The lowest BCUT2D eigenvalue weighted by Crippen LogP contribution is -2.64. The monoisotopic (exact) mass is 791 g/mol. The molecule has 2 bridgehead atoms. The molecule has 0 aromatic rings. The Balaban J connectivity index is 1.76. The van der Waals surface area contributed by atoms with E-state index in [0.717, 1.165) is 5.57 Å². The zero-order valence-electron chi connectivity index (χ0n) is 34.9. The smallest absolute Gasteiger partial charge is 0.329 e. The fourth-order valence-electron chi connectivity index (χ4n) is 9.47. The Morgan fingerprint density at radius 3 is 2.29 bits per heavy atom. The first-order valence-corrected chi connectivity index (χ1v) is 20.9. The topological polar surface area (TPSA) is 189 Å². The molecule has 56 heavy (non-hydrogen) atoms. The highest BCUT2D eigenvalue weighted by Crippen LogP contribution is 2.39. The third-order valence-corrected chi connectivity index (χ3v) is 13.0. The molecule has 0 aromatic carbocycles. The summed E-state index contributed by atoms with van der Waals surface area (Å²) in [7, 11) is 3.05. The van der Waals surface area contributed by atoms with Crippen LogP contribution in [0.4, 0.5) is 0 Å². The number of fused-ring (bicyclic) bond motifs is 3. The number of nitrogens with zero attached hydrogens (tertiary/aromatic N) is 1. The molecule has 1 unspecified atom stereocenters. The predicted molar refractivity (Wildman–Crippen MR) is 208 cm³/mol. The van der Waals surface area contributed by atoms with E-state index in [2.05, 4.69) is 0 Å². The number of cyclic esters (lactones) is 1. The molecule has 1 amide bonds. The molecule has 3 aliphatic heterocycles. The molecule has 1 saturated carbocycles. The number of aliphatic hydroxyl groups excluding tert-OH is 3. The highest BCUT2D eigenvalue weighted by atomic mass is 16.7. The summed E-state index contributed by atoms with van der Waals surface area (Å²) in [5.74, 6) is -7.92. The minimum atomic E-state index is -2.51. The number of esters is 1. The van der Waals surface area contributed by atoms with Gasteiger partial charge in [-0.05, 0) is 95.5 Å². The molecule has 14 atom stereocenters. The third-order valence-electron chi connectivity index (χ3n) is 13.0. The summed E-state index contributed by atoms with van der Waals surface area (Å²) >= 11 is 0. The molecule has 4 N–H and O–H groups in total. The number of amides is 1. The van der Waals surface area contributed by atoms with Crippen LogP contribution < -0.4 is 0 Å². The van der Waals surface area contributed by atoms with Gasteiger partial charge in [-0.2, -0.15) is 0 Å². The van der Waals surface area contributed by atoms with Crippen LogP contribution in [0, 0.1) is 35.5 Å². The minimum absolute atomic E-state index is 0.0299. The van der Waals surface area contributed by atoms with E-state index >= 15 is 0 Å². The molecule has 0 aromatic heterocycles. The van der Waals surface area contributed by atoms with Crippen LogP contribution in [0.2, 0.25) is 0 Å². The molecule has 0 radical (unpaired) electrons. The zero-order chi connectivity index (χ0) is 41.5. The van der Waals surface area contributed by atoms with E-state index in [1.165, 1.54) is 19.1 Å². The van der Waals surface area contributed by atoms with E-state index in [1.54, 1.807) is 20.8 Å². The van der Waals surface area contributed by atoms with Gasteiger partial charge in [0, 0.05) is 57.5 Å². The van der Waals surface area contributed by atoms with E-state index in [4.69, 9.17) is 18.9 Å². The number of hydrogen-bond donors (Lipinski definition) is 4. The lowest BCUT2D eigenvalue weighted by Gasteiger charge is -2.47. The first-order chi connectivity index (χ1) is 26.5. The summed E-state index contributed by atoms with van der Waals surface area (Å²) in [5.41, 5.74) is 1.63. The molecule has 4 aliphatic rings. The number of hydrogen-bond acceptors (Lipinski definition) is 12. The summed E-state index contributed by atoms with van der Waals surface area (Å²) in [6, 6.07) is -1.14. The summed E-state index contributed by atoms with van der Waals surface area (Å²) in [5, 5.41) is 43.9. The van der Waals surface area contributed by atoms with Gasteiger partial charge in [-0.1, -0.05) is 45.4 Å². The summed E-state index contributed by atoms with van der Waals surface area (Å²) in [6.45, 7) is 11.0. The van der Waals surface area contributed by atoms with Crippen molar-refractivity contribution in [3.05, 3.63) is 23.3 Å². The van der Waals surface area contributed by atoms with Crippen LogP contribution in [-0.2, 0) is 38.1 Å². The maximum atomic E-state index is 14.3. The van der Waals surface area contributed by atoms with Crippen LogP contribution in [0.5, 0.6) is 0 Å². The molecule has 318 valence electrons. The molecule has 13 nitrogen and oxygen atoms in total. The molecule has 4 rings (SSSR count). The average Bonchev–Trinajstić information content (AvgIpc) is 3.18. The first-order valence-electron chi connectivity index (χ1n) is 20.9. The SMILES string of the molecule is CC[C@@H]1/C=C(\C)C[C@@H](C)C[C@H](OC)[C@H]2O[C@@](O)(C(=O)C(=O)N3CCCCC3C(=O)O[C@H](/C(C)=C/[C@@H]3CC[C@@H](O)[C@H](CO)C3)[C@H](C)[C@@H](O)CC1=O)[C@H](C)C[C@@H]2OC. The number of rotatable bonds is 6. The molecule has 3 heterocycles. The Labute approximate surface area is 333 Å². The molecular formula is C43H69NO12. The Morgan fingerprint density at radius 2 is 1.64 bits per heavy atom. The number of aliphatic hydroxyl groups is 4. The number of allylic oxidation sites excluding steroid dienone is 3. The predicted octanol–water partition coefficient (Wildman–Crippen LogP) is 4.07. The van der Waals surface area contributed by atoms with Gasteiger partial charge in [-0.25, -0.2) is 4.79 Å². The Bertz CT molecular complexity index is 1430. The van der Waals surface area contributed by atoms with Gasteiger partial charge in [-0.15, -0.1) is 0 Å². The van der Waals surface area contributed by atoms with Gasteiger partial charge in [0.25, 0.3) is 11.7 Å². The third kappa shape index (κ3) is 10.7. The second-order valence-electron chi connectivity index (χ2n) is 17.3. The van der Waals surface area contributed by atoms with Gasteiger partial charge in [0.1, 0.15) is 24.0 Å². The van der Waals surface area contributed by atoms with E-state index in [0.29, 0.717) is 56.9 Å². The maximum absolute atomic E-state index is 14.3. The van der Waals surface area contributed by atoms with Crippen molar-refractivity contribution in [3.63, 3.8) is 0 Å². The molecular weight excluding hydrogens is 722 g/mol. The minimum Gasteiger partial charge on any atom is -0.456 e. The second kappa shape index (κ2) is 20.4. The summed E-state index contributed by atoms with van der Waals surface area (Å²) in [6.07, 6.45) is 3.79. The number of methoxy groups -OCH3 is 2. The van der Waals surface area contributed by atoms with Crippen molar-refractivity contribution in [2.75, 3.05) is 27.4 Å². The fourth-order valence-corrected chi connectivity index (χ4v) is 9.47. The Morgan fingerprint density at radius 1 is 0.964 bits per heavy atom. The molecule has 0 spiro atoms. The number of Topliss-reactive ketones (excluding diaryl/α,β-unsaturated/α-hetero) is 2. The molecule has 13 heteroatoms. The normalized spacial score (nSPS) is 41.6. The summed E-state index contributed by atoms with van der Waals surface area (Å²) in [4.78, 5) is 57.6. The van der Waals surface area contributed by atoms with Crippen molar-refractivity contribution in [1.82, 2.24) is 4.90 Å². The van der Waals surface area contributed by atoms with Gasteiger partial charge in [-0.3, -0.25) is 14.4 Å².